The molecule has 1 aliphatic carbocycles. The monoisotopic (exact) mass is 319 g/mol. The molecule has 19 heavy (non-hydrogen) atoms. The second-order valence-corrected chi connectivity index (χ2v) is 6.08. The maximum absolute atomic E-state index is 4.31. The van der Waals surface area contributed by atoms with Gasteiger partial charge in [-0.2, -0.15) is 5.10 Å². The van der Waals surface area contributed by atoms with Gasteiger partial charge in [-0.1, -0.05) is 22.0 Å². The van der Waals surface area contributed by atoms with Crippen molar-refractivity contribution in [3.8, 4) is 0 Å². The van der Waals surface area contributed by atoms with E-state index in [-0.39, 0.29) is 0 Å². The Bertz CT molecular complexity index is 577. The third-order valence-corrected chi connectivity index (χ3v) is 4.17. The molecule has 3 rings (SSSR count). The summed E-state index contributed by atoms with van der Waals surface area (Å²) in [5.41, 5.74) is 4.15. The lowest BCUT2D eigenvalue weighted by Crippen LogP contribution is -2.24. The number of aromatic nitrogens is 2. The van der Waals surface area contributed by atoms with Crippen molar-refractivity contribution >= 4 is 15.9 Å². The number of nitrogens with zero attached hydrogens (tertiary/aromatic N) is 2. The molecule has 0 spiro atoms. The third-order valence-electron chi connectivity index (χ3n) is 3.68. The predicted octanol–water partition coefficient (Wildman–Crippen LogP) is 3.23. The van der Waals surface area contributed by atoms with E-state index in [0.29, 0.717) is 6.04 Å². The lowest BCUT2D eigenvalue weighted by atomic mass is 10.1. The number of benzene rings is 1. The number of halogens is 1. The smallest absolute Gasteiger partial charge is 0.0534 e. The standard InChI is InChI=1S/C15H18BrN3/c1-11-9-18-19(10-11)7-6-17-15-5-2-12-8-13(16)3-4-14(12)15/h3-4,8-10,15,17H,2,5-7H2,1H3. The molecule has 4 heteroatoms. The average Bonchev–Trinajstić information content (AvgIpc) is 2.96. The zero-order valence-corrected chi connectivity index (χ0v) is 12.7. The molecule has 2 aromatic rings. The molecule has 1 aromatic heterocycles. The molecule has 1 aliphatic rings. The largest absolute Gasteiger partial charge is 0.308 e. The number of nitrogens with one attached hydrogen (secondary N) is 1. The molecule has 100 valence electrons. The predicted molar refractivity (Wildman–Crippen MR) is 80.2 cm³/mol. The van der Waals surface area contributed by atoms with Gasteiger partial charge in [0.2, 0.25) is 0 Å². The molecule has 1 aromatic carbocycles. The van der Waals surface area contributed by atoms with Crippen LogP contribution in [-0.4, -0.2) is 16.3 Å². The van der Waals surface area contributed by atoms with Crippen molar-refractivity contribution in [3.63, 3.8) is 0 Å². The van der Waals surface area contributed by atoms with Gasteiger partial charge in [0.05, 0.1) is 12.7 Å². The van der Waals surface area contributed by atoms with E-state index in [4.69, 9.17) is 0 Å². The molecular weight excluding hydrogens is 302 g/mol. The van der Waals surface area contributed by atoms with Crippen LogP contribution in [0.2, 0.25) is 0 Å². The summed E-state index contributed by atoms with van der Waals surface area (Å²) in [4.78, 5) is 0. The molecule has 0 radical (unpaired) electrons. The molecule has 0 bridgehead atoms. The van der Waals surface area contributed by atoms with Gasteiger partial charge in [-0.25, -0.2) is 0 Å². The molecular formula is C15H18BrN3. The first kappa shape index (κ1) is 12.9. The summed E-state index contributed by atoms with van der Waals surface area (Å²) >= 11 is 3.54. The Kier molecular flexibility index (Phi) is 3.71. The van der Waals surface area contributed by atoms with Crippen molar-refractivity contribution in [2.45, 2.75) is 32.4 Å². The van der Waals surface area contributed by atoms with E-state index in [1.165, 1.54) is 34.0 Å². The van der Waals surface area contributed by atoms with Crippen LogP contribution < -0.4 is 5.32 Å². The van der Waals surface area contributed by atoms with Crippen LogP contribution in [0.5, 0.6) is 0 Å². The molecule has 1 heterocycles. The summed E-state index contributed by atoms with van der Waals surface area (Å²) in [5.74, 6) is 0. The second-order valence-electron chi connectivity index (χ2n) is 5.17. The molecule has 0 saturated heterocycles. The van der Waals surface area contributed by atoms with Crippen LogP contribution in [0.3, 0.4) is 0 Å². The second kappa shape index (κ2) is 5.47. The van der Waals surface area contributed by atoms with Crippen LogP contribution in [0, 0.1) is 6.92 Å². The Labute approximate surface area is 122 Å². The lowest BCUT2D eigenvalue weighted by Gasteiger charge is -2.14. The van der Waals surface area contributed by atoms with Crippen LogP contribution in [0.25, 0.3) is 0 Å². The van der Waals surface area contributed by atoms with E-state index in [1.807, 2.05) is 10.9 Å². The Morgan fingerprint density at radius 2 is 2.37 bits per heavy atom. The first-order valence-electron chi connectivity index (χ1n) is 6.73. The van der Waals surface area contributed by atoms with Crippen LogP contribution in [0.15, 0.2) is 35.1 Å². The van der Waals surface area contributed by atoms with Crippen LogP contribution >= 0.6 is 15.9 Å². The Hall–Kier alpha value is -1.13. The van der Waals surface area contributed by atoms with Gasteiger partial charge in [0.15, 0.2) is 0 Å². The molecule has 0 aliphatic heterocycles. The summed E-state index contributed by atoms with van der Waals surface area (Å²) in [6.45, 7) is 3.96. The molecule has 1 atom stereocenters. The fraction of sp³-hybridized carbons (Fsp3) is 0.400. The summed E-state index contributed by atoms with van der Waals surface area (Å²) < 4.78 is 3.18. The highest BCUT2D eigenvalue weighted by atomic mass is 79.9. The van der Waals surface area contributed by atoms with E-state index in [2.05, 4.69) is 57.7 Å². The summed E-state index contributed by atoms with van der Waals surface area (Å²) in [5, 5.41) is 7.95. The van der Waals surface area contributed by atoms with Crippen molar-refractivity contribution < 1.29 is 0 Å². The van der Waals surface area contributed by atoms with E-state index < -0.39 is 0 Å². The minimum atomic E-state index is 0.500. The number of fused-ring (bicyclic) bond motifs is 1. The Balaban J connectivity index is 1.58. The highest BCUT2D eigenvalue weighted by Crippen LogP contribution is 2.32. The maximum atomic E-state index is 4.31. The lowest BCUT2D eigenvalue weighted by molar-refractivity contribution is 0.484. The zero-order chi connectivity index (χ0) is 13.2. The SMILES string of the molecule is Cc1cnn(CCNC2CCc3cc(Br)ccc32)c1. The quantitative estimate of drug-likeness (QED) is 0.937. The number of hydrogen-bond donors (Lipinski definition) is 1. The molecule has 3 nitrogen and oxygen atoms in total. The van der Waals surface area contributed by atoms with Crippen molar-refractivity contribution in [1.82, 2.24) is 15.1 Å². The molecule has 0 saturated carbocycles. The van der Waals surface area contributed by atoms with Gasteiger partial charge in [-0.05, 0) is 48.6 Å². The minimum Gasteiger partial charge on any atom is -0.308 e. The molecule has 1 N–H and O–H groups in total. The first-order valence-corrected chi connectivity index (χ1v) is 7.52. The fourth-order valence-corrected chi connectivity index (χ4v) is 3.15. The van der Waals surface area contributed by atoms with Crippen molar-refractivity contribution in [1.29, 1.82) is 0 Å². The van der Waals surface area contributed by atoms with Gasteiger partial charge in [0, 0.05) is 23.3 Å². The van der Waals surface area contributed by atoms with Gasteiger partial charge in [-0.15, -0.1) is 0 Å². The average molecular weight is 320 g/mol. The van der Waals surface area contributed by atoms with E-state index in [0.717, 1.165) is 13.1 Å². The molecule has 0 fully saturated rings. The van der Waals surface area contributed by atoms with Gasteiger partial charge in [-0.3, -0.25) is 4.68 Å². The van der Waals surface area contributed by atoms with E-state index in [1.54, 1.807) is 0 Å². The maximum Gasteiger partial charge on any atom is 0.0534 e. The number of rotatable bonds is 4. The summed E-state index contributed by atoms with van der Waals surface area (Å²) in [6.07, 6.45) is 6.36. The van der Waals surface area contributed by atoms with E-state index >= 15 is 0 Å². The van der Waals surface area contributed by atoms with Crippen molar-refractivity contribution in [2.24, 2.45) is 0 Å². The summed E-state index contributed by atoms with van der Waals surface area (Å²) in [6, 6.07) is 7.12. The topological polar surface area (TPSA) is 29.9 Å². The highest BCUT2D eigenvalue weighted by Gasteiger charge is 2.21. The number of aryl methyl sites for hydroxylation is 2. The Morgan fingerprint density at radius 1 is 1.47 bits per heavy atom. The van der Waals surface area contributed by atoms with Gasteiger partial charge in [0.1, 0.15) is 0 Å². The van der Waals surface area contributed by atoms with Gasteiger partial charge in [0.25, 0.3) is 0 Å². The normalized spacial score (nSPS) is 17.7. The van der Waals surface area contributed by atoms with Gasteiger partial charge >= 0.3 is 0 Å². The zero-order valence-electron chi connectivity index (χ0n) is 11.1. The van der Waals surface area contributed by atoms with E-state index in [9.17, 15) is 0 Å². The molecule has 0 amide bonds. The first-order chi connectivity index (χ1) is 9.22. The van der Waals surface area contributed by atoms with Gasteiger partial charge < -0.3 is 5.32 Å². The van der Waals surface area contributed by atoms with Crippen molar-refractivity contribution in [2.75, 3.05) is 6.54 Å². The fourth-order valence-electron chi connectivity index (χ4n) is 2.74. The minimum absolute atomic E-state index is 0.500. The summed E-state index contributed by atoms with van der Waals surface area (Å²) in [7, 11) is 0. The van der Waals surface area contributed by atoms with Crippen LogP contribution in [-0.2, 0) is 13.0 Å². The highest BCUT2D eigenvalue weighted by molar-refractivity contribution is 9.10. The molecule has 1 unspecified atom stereocenters. The Morgan fingerprint density at radius 3 is 3.16 bits per heavy atom. The number of hydrogen-bond acceptors (Lipinski definition) is 2. The van der Waals surface area contributed by atoms with Crippen molar-refractivity contribution in [3.05, 3.63) is 51.8 Å². The van der Waals surface area contributed by atoms with Crippen LogP contribution in [0.4, 0.5) is 0 Å². The van der Waals surface area contributed by atoms with Crippen LogP contribution in [0.1, 0.15) is 29.2 Å². The third kappa shape index (κ3) is 2.90.